The van der Waals surface area contributed by atoms with Crippen LogP contribution in [0.15, 0.2) is 18.2 Å². The van der Waals surface area contributed by atoms with Crippen molar-refractivity contribution in [1.29, 1.82) is 0 Å². The Kier molecular flexibility index (Phi) is 7.33. The number of nitrogens with one attached hydrogen (secondary N) is 2. The van der Waals surface area contributed by atoms with E-state index in [9.17, 15) is 28.1 Å². The molecule has 0 bridgehead atoms. The second kappa shape index (κ2) is 9.90. The van der Waals surface area contributed by atoms with E-state index in [2.05, 4.69) is 20.6 Å². The molecule has 1 amide bonds. The molecule has 0 spiro atoms. The van der Waals surface area contributed by atoms with Crippen LogP contribution >= 0.6 is 0 Å². The number of carbonyl (C=O) groups excluding carboxylic acids is 1. The maximum absolute atomic E-state index is 13.2. The Balaban J connectivity index is 1.89. The minimum Gasteiger partial charge on any atom is -0.444 e. The highest BCUT2D eigenvalue weighted by molar-refractivity contribution is 5.70. The first-order chi connectivity index (χ1) is 16.3. The van der Waals surface area contributed by atoms with Crippen LogP contribution in [-0.2, 0) is 30.5 Å². The Labute approximate surface area is 198 Å². The molecule has 0 atom stereocenters. The van der Waals surface area contributed by atoms with Crippen LogP contribution in [0.3, 0.4) is 0 Å². The van der Waals surface area contributed by atoms with E-state index in [0.29, 0.717) is 17.3 Å². The first kappa shape index (κ1) is 25.9. The molecule has 0 saturated carbocycles. The number of amides is 1. The van der Waals surface area contributed by atoms with Crippen LogP contribution in [0.4, 0.5) is 35.4 Å². The van der Waals surface area contributed by atoms with Crippen molar-refractivity contribution in [3.63, 3.8) is 0 Å². The molecule has 0 aliphatic carbocycles. The van der Waals surface area contributed by atoms with Gasteiger partial charge in [0.1, 0.15) is 11.4 Å². The summed E-state index contributed by atoms with van der Waals surface area (Å²) in [6.45, 7) is 5.14. The first-order valence-electron chi connectivity index (χ1n) is 10.6. The lowest BCUT2D eigenvalue weighted by Gasteiger charge is -2.24. The van der Waals surface area contributed by atoms with Gasteiger partial charge >= 0.3 is 12.3 Å². The van der Waals surface area contributed by atoms with Gasteiger partial charge in [-0.25, -0.2) is 9.78 Å². The highest BCUT2D eigenvalue weighted by atomic mass is 19.4. The summed E-state index contributed by atoms with van der Waals surface area (Å²) in [6, 6.07) is 2.34. The minimum atomic E-state index is -4.76. The highest BCUT2D eigenvalue weighted by Gasteiger charge is 2.34. The number of nitro benzene ring substituents is 1. The fraction of sp³-hybridized carbons (Fsp3) is 0.476. The number of aliphatic hydroxyl groups excluding tert-OH is 1. The van der Waals surface area contributed by atoms with Gasteiger partial charge < -0.3 is 20.5 Å². The number of rotatable bonds is 7. The fourth-order valence-corrected chi connectivity index (χ4v) is 3.33. The van der Waals surface area contributed by atoms with Crippen LogP contribution < -0.4 is 10.6 Å². The van der Waals surface area contributed by atoms with Crippen LogP contribution in [0.25, 0.3) is 0 Å². The molecule has 1 aromatic heterocycles. The molecule has 1 aliphatic rings. The van der Waals surface area contributed by atoms with E-state index in [1.165, 1.54) is 4.90 Å². The lowest BCUT2D eigenvalue weighted by molar-refractivity contribution is -0.385. The number of hydrogen-bond acceptors (Lipinski definition) is 9. The van der Waals surface area contributed by atoms with Crippen molar-refractivity contribution in [3.05, 3.63) is 50.7 Å². The van der Waals surface area contributed by atoms with E-state index < -0.39 is 34.0 Å². The summed E-state index contributed by atoms with van der Waals surface area (Å²) in [5.74, 6) is 0.378. The minimum absolute atomic E-state index is 0.0192. The number of carbonyl (C=O) groups is 1. The van der Waals surface area contributed by atoms with Crippen molar-refractivity contribution in [2.24, 2.45) is 0 Å². The number of alkyl halides is 3. The Hall–Kier alpha value is -3.68. The molecule has 3 N–H and O–H groups in total. The second-order valence-corrected chi connectivity index (χ2v) is 8.80. The molecule has 14 heteroatoms. The lowest BCUT2D eigenvalue weighted by Crippen LogP contribution is -2.33. The quantitative estimate of drug-likeness (QED) is 0.385. The molecule has 1 aliphatic heterocycles. The normalized spacial score (nSPS) is 13.4. The maximum Gasteiger partial charge on any atom is 0.416 e. The third kappa shape index (κ3) is 6.68. The van der Waals surface area contributed by atoms with Gasteiger partial charge in [0.25, 0.3) is 5.69 Å². The van der Waals surface area contributed by atoms with Gasteiger partial charge in [-0.15, -0.1) is 0 Å². The van der Waals surface area contributed by atoms with E-state index in [0.717, 1.165) is 12.1 Å². The van der Waals surface area contributed by atoms with Gasteiger partial charge in [-0.1, -0.05) is 0 Å². The number of nitro groups is 1. The van der Waals surface area contributed by atoms with E-state index in [4.69, 9.17) is 9.84 Å². The van der Waals surface area contributed by atoms with Crippen molar-refractivity contribution in [2.75, 3.05) is 23.8 Å². The van der Waals surface area contributed by atoms with Crippen molar-refractivity contribution < 1.29 is 32.7 Å². The Bertz CT molecular complexity index is 1120. The number of ether oxygens (including phenoxy) is 1. The van der Waals surface area contributed by atoms with Gasteiger partial charge in [-0.2, -0.15) is 18.2 Å². The molecule has 2 aromatic rings. The third-order valence-electron chi connectivity index (χ3n) is 4.80. The van der Waals surface area contributed by atoms with Crippen LogP contribution in [0, 0.1) is 10.1 Å². The molecular weight excluding hydrogens is 473 g/mol. The number of fused-ring (bicyclic) bond motifs is 1. The summed E-state index contributed by atoms with van der Waals surface area (Å²) in [4.78, 5) is 32.8. The largest absolute Gasteiger partial charge is 0.444 e. The van der Waals surface area contributed by atoms with Crippen molar-refractivity contribution in [1.82, 2.24) is 14.9 Å². The maximum atomic E-state index is 13.2. The number of anilines is 2. The first-order valence-corrected chi connectivity index (χ1v) is 10.6. The number of nitrogens with zero attached hydrogens (tertiary/aromatic N) is 4. The molecule has 11 nitrogen and oxygen atoms in total. The standard InChI is InChI=1S/C21H25F3N6O5/c1-20(2,3)35-19(32)29-10-15-16(11-29)27-18(25-4-5-31)28-17(15)26-9-12-6-13(21(22,23)24)8-14(7-12)30(33)34/h6-8,31H,4-5,9-11H2,1-3H3,(H2,25,26,27,28). The molecule has 0 radical (unpaired) electrons. The van der Waals surface area contributed by atoms with Crippen LogP contribution in [0.2, 0.25) is 0 Å². The molecular formula is C21H25F3N6O5. The molecule has 0 fully saturated rings. The summed E-state index contributed by atoms with van der Waals surface area (Å²) < 4.78 is 45.1. The van der Waals surface area contributed by atoms with Gasteiger partial charge in [-0.3, -0.25) is 15.0 Å². The van der Waals surface area contributed by atoms with E-state index in [1.807, 2.05) is 0 Å². The molecule has 2 heterocycles. The highest BCUT2D eigenvalue weighted by Crippen LogP contribution is 2.34. The molecule has 190 valence electrons. The summed E-state index contributed by atoms with van der Waals surface area (Å²) in [5, 5.41) is 25.9. The average molecular weight is 498 g/mol. The Morgan fingerprint density at radius 1 is 1.20 bits per heavy atom. The third-order valence-corrected chi connectivity index (χ3v) is 4.80. The predicted octanol–water partition coefficient (Wildman–Crippen LogP) is 3.67. The number of aliphatic hydroxyl groups is 1. The lowest BCUT2D eigenvalue weighted by atomic mass is 10.1. The monoisotopic (exact) mass is 498 g/mol. The van der Waals surface area contributed by atoms with E-state index >= 15 is 0 Å². The number of halogens is 3. The van der Waals surface area contributed by atoms with Crippen LogP contribution in [0.1, 0.15) is 43.2 Å². The van der Waals surface area contributed by atoms with Crippen LogP contribution in [-0.4, -0.2) is 49.7 Å². The SMILES string of the molecule is CC(C)(C)OC(=O)N1Cc2nc(NCCO)nc(NCc3cc([N+](=O)[O-])cc(C(F)(F)F)c3)c2C1. The molecule has 0 saturated heterocycles. The molecule has 3 rings (SSSR count). The number of non-ortho nitro benzene ring substituents is 1. The molecule has 1 aromatic carbocycles. The average Bonchev–Trinajstić information content (AvgIpc) is 3.18. The van der Waals surface area contributed by atoms with Crippen molar-refractivity contribution in [2.45, 2.75) is 52.2 Å². The summed E-state index contributed by atoms with van der Waals surface area (Å²) in [5.41, 5.74) is -1.50. The van der Waals surface area contributed by atoms with Gasteiger partial charge in [0.05, 0.1) is 35.9 Å². The fourth-order valence-electron chi connectivity index (χ4n) is 3.33. The van der Waals surface area contributed by atoms with Gasteiger partial charge in [0.2, 0.25) is 5.95 Å². The second-order valence-electron chi connectivity index (χ2n) is 8.80. The summed E-state index contributed by atoms with van der Waals surface area (Å²) in [7, 11) is 0. The van der Waals surface area contributed by atoms with E-state index in [-0.39, 0.29) is 50.1 Å². The Morgan fingerprint density at radius 3 is 2.51 bits per heavy atom. The zero-order valence-corrected chi connectivity index (χ0v) is 19.3. The van der Waals surface area contributed by atoms with E-state index in [1.54, 1.807) is 20.8 Å². The smallest absolute Gasteiger partial charge is 0.416 e. The van der Waals surface area contributed by atoms with Gasteiger partial charge in [0.15, 0.2) is 0 Å². The number of aromatic nitrogens is 2. The van der Waals surface area contributed by atoms with Gasteiger partial charge in [0, 0.05) is 30.8 Å². The summed E-state index contributed by atoms with van der Waals surface area (Å²) in [6.07, 6.45) is -5.33. The number of hydrogen-bond donors (Lipinski definition) is 3. The topological polar surface area (TPSA) is 143 Å². The zero-order valence-electron chi connectivity index (χ0n) is 19.3. The van der Waals surface area contributed by atoms with Crippen LogP contribution in [0.5, 0.6) is 0 Å². The molecule has 0 unspecified atom stereocenters. The Morgan fingerprint density at radius 2 is 1.91 bits per heavy atom. The predicted molar refractivity (Wildman–Crippen MR) is 119 cm³/mol. The van der Waals surface area contributed by atoms with Crippen molar-refractivity contribution in [3.8, 4) is 0 Å². The van der Waals surface area contributed by atoms with Gasteiger partial charge in [-0.05, 0) is 32.4 Å². The number of benzene rings is 1. The zero-order chi connectivity index (χ0) is 26.0. The van der Waals surface area contributed by atoms with Crippen molar-refractivity contribution >= 4 is 23.5 Å². The summed E-state index contributed by atoms with van der Waals surface area (Å²) >= 11 is 0. The molecule has 35 heavy (non-hydrogen) atoms.